The van der Waals surface area contributed by atoms with Crippen molar-refractivity contribution in [3.63, 3.8) is 0 Å². The molecule has 2 N–H and O–H groups in total. The molecule has 0 atom stereocenters. The zero-order valence-corrected chi connectivity index (χ0v) is 11.8. The summed E-state index contributed by atoms with van der Waals surface area (Å²) in [6.45, 7) is 2.63. The van der Waals surface area contributed by atoms with Crippen LogP contribution in [0, 0.1) is 6.92 Å². The number of aromatic amines is 1. The number of benzene rings is 1. The lowest BCUT2D eigenvalue weighted by molar-refractivity contribution is 0.0954. The predicted molar refractivity (Wildman–Crippen MR) is 80.2 cm³/mol. The molecule has 3 rings (SSSR count). The van der Waals surface area contributed by atoms with Crippen LogP contribution in [0.2, 0.25) is 0 Å². The van der Waals surface area contributed by atoms with E-state index in [2.05, 4.69) is 15.5 Å². The second-order valence-corrected chi connectivity index (χ2v) is 5.03. The van der Waals surface area contributed by atoms with E-state index in [1.807, 2.05) is 37.4 Å². The third kappa shape index (κ3) is 2.81. The Morgan fingerprint density at radius 3 is 3.05 bits per heavy atom. The fourth-order valence-electron chi connectivity index (χ4n) is 2.36. The molecule has 0 bridgehead atoms. The highest BCUT2D eigenvalue weighted by Gasteiger charge is 2.12. The fraction of sp³-hybridized carbons (Fsp3) is 0.250. The minimum Gasteiger partial charge on any atom is -0.463 e. The molecule has 1 aromatic carbocycles. The van der Waals surface area contributed by atoms with Crippen LogP contribution in [0.4, 0.5) is 0 Å². The standard InChI is InChI=1S/C16H17N3O2/c1-11-12(9-18-19-11)5-4-8-17-16(20)14-10-21-15-7-3-2-6-13(14)15/h2-3,6-7,9-10H,4-5,8H2,1H3,(H,17,20)(H,18,19). The maximum absolute atomic E-state index is 12.2. The lowest BCUT2D eigenvalue weighted by Crippen LogP contribution is -2.24. The number of nitrogens with one attached hydrogen (secondary N) is 2. The Balaban J connectivity index is 1.56. The molecule has 1 amide bonds. The third-order valence-corrected chi connectivity index (χ3v) is 3.57. The van der Waals surface area contributed by atoms with Gasteiger partial charge in [0.15, 0.2) is 0 Å². The number of para-hydroxylation sites is 1. The van der Waals surface area contributed by atoms with Gasteiger partial charge in [0.2, 0.25) is 0 Å². The highest BCUT2D eigenvalue weighted by molar-refractivity contribution is 6.05. The summed E-state index contributed by atoms with van der Waals surface area (Å²) in [7, 11) is 0. The van der Waals surface area contributed by atoms with Gasteiger partial charge in [-0.1, -0.05) is 18.2 Å². The predicted octanol–water partition coefficient (Wildman–Crippen LogP) is 2.83. The SMILES string of the molecule is Cc1[nH]ncc1CCCNC(=O)c1coc2ccccc12. The van der Waals surface area contributed by atoms with Crippen molar-refractivity contribution in [2.75, 3.05) is 6.54 Å². The second kappa shape index (κ2) is 5.83. The molecule has 0 fully saturated rings. The smallest absolute Gasteiger partial charge is 0.255 e. The maximum Gasteiger partial charge on any atom is 0.255 e. The van der Waals surface area contributed by atoms with E-state index in [0.717, 1.165) is 29.5 Å². The quantitative estimate of drug-likeness (QED) is 0.707. The Kier molecular flexibility index (Phi) is 3.73. The minimum absolute atomic E-state index is 0.0936. The Morgan fingerprint density at radius 2 is 2.24 bits per heavy atom. The number of aromatic nitrogens is 2. The van der Waals surface area contributed by atoms with Crippen molar-refractivity contribution in [3.8, 4) is 0 Å². The number of furan rings is 1. The average molecular weight is 283 g/mol. The van der Waals surface area contributed by atoms with Crippen molar-refractivity contribution >= 4 is 16.9 Å². The van der Waals surface area contributed by atoms with Crippen molar-refractivity contribution in [1.29, 1.82) is 0 Å². The first kappa shape index (κ1) is 13.4. The number of hydrogen-bond acceptors (Lipinski definition) is 3. The molecule has 3 aromatic rings. The Hall–Kier alpha value is -2.56. The number of H-pyrrole nitrogens is 1. The van der Waals surface area contributed by atoms with Crippen LogP contribution in [-0.2, 0) is 6.42 Å². The third-order valence-electron chi connectivity index (χ3n) is 3.57. The maximum atomic E-state index is 12.2. The van der Waals surface area contributed by atoms with Gasteiger partial charge in [0.1, 0.15) is 11.8 Å². The van der Waals surface area contributed by atoms with Crippen molar-refractivity contribution in [1.82, 2.24) is 15.5 Å². The molecular formula is C16H17N3O2. The van der Waals surface area contributed by atoms with Gasteiger partial charge in [-0.05, 0) is 31.4 Å². The molecule has 0 saturated heterocycles. The van der Waals surface area contributed by atoms with E-state index in [4.69, 9.17) is 4.42 Å². The van der Waals surface area contributed by atoms with Crippen LogP contribution >= 0.6 is 0 Å². The molecule has 5 nitrogen and oxygen atoms in total. The van der Waals surface area contributed by atoms with Crippen molar-refractivity contribution in [2.45, 2.75) is 19.8 Å². The number of rotatable bonds is 5. The molecule has 0 saturated carbocycles. The number of amides is 1. The van der Waals surface area contributed by atoms with Gasteiger partial charge < -0.3 is 9.73 Å². The van der Waals surface area contributed by atoms with Gasteiger partial charge in [0, 0.05) is 17.6 Å². The molecule has 0 spiro atoms. The Morgan fingerprint density at radius 1 is 1.38 bits per heavy atom. The number of nitrogens with zero attached hydrogens (tertiary/aromatic N) is 1. The molecule has 2 aromatic heterocycles. The number of hydrogen-bond donors (Lipinski definition) is 2. The number of carbonyl (C=O) groups excluding carboxylic acids is 1. The lowest BCUT2D eigenvalue weighted by Gasteiger charge is -2.03. The zero-order chi connectivity index (χ0) is 14.7. The summed E-state index contributed by atoms with van der Waals surface area (Å²) in [6.07, 6.45) is 5.12. The largest absolute Gasteiger partial charge is 0.463 e. The molecule has 0 radical (unpaired) electrons. The van der Waals surface area contributed by atoms with E-state index in [9.17, 15) is 4.79 Å². The number of aryl methyl sites for hydroxylation is 2. The lowest BCUT2D eigenvalue weighted by atomic mass is 10.1. The molecule has 5 heteroatoms. The monoisotopic (exact) mass is 283 g/mol. The van der Waals surface area contributed by atoms with Crippen molar-refractivity contribution < 1.29 is 9.21 Å². The highest BCUT2D eigenvalue weighted by Crippen LogP contribution is 2.20. The summed E-state index contributed by atoms with van der Waals surface area (Å²) in [5, 5.41) is 10.7. The molecule has 0 aliphatic heterocycles. The van der Waals surface area contributed by atoms with Crippen LogP contribution in [0.1, 0.15) is 28.0 Å². The first-order valence-electron chi connectivity index (χ1n) is 6.99. The van der Waals surface area contributed by atoms with E-state index in [0.29, 0.717) is 12.1 Å². The van der Waals surface area contributed by atoms with E-state index in [1.54, 1.807) is 0 Å². The van der Waals surface area contributed by atoms with Crippen molar-refractivity contribution in [2.24, 2.45) is 0 Å². The molecule has 0 unspecified atom stereocenters. The molecule has 108 valence electrons. The minimum atomic E-state index is -0.0936. The van der Waals surface area contributed by atoms with Gasteiger partial charge in [-0.3, -0.25) is 9.89 Å². The Bertz CT molecular complexity index is 758. The number of carbonyl (C=O) groups is 1. The van der Waals surface area contributed by atoms with Crippen LogP contribution in [0.15, 0.2) is 41.1 Å². The Labute approximate surface area is 122 Å². The first-order valence-corrected chi connectivity index (χ1v) is 6.99. The van der Waals surface area contributed by atoms with E-state index < -0.39 is 0 Å². The van der Waals surface area contributed by atoms with Gasteiger partial charge in [0.05, 0.1) is 11.8 Å². The first-order chi connectivity index (χ1) is 10.3. The highest BCUT2D eigenvalue weighted by atomic mass is 16.3. The average Bonchev–Trinajstić information content (AvgIpc) is 3.10. The fourth-order valence-corrected chi connectivity index (χ4v) is 2.36. The summed E-state index contributed by atoms with van der Waals surface area (Å²) >= 11 is 0. The van der Waals surface area contributed by atoms with Crippen LogP contribution in [-0.4, -0.2) is 22.6 Å². The normalized spacial score (nSPS) is 10.9. The van der Waals surface area contributed by atoms with Gasteiger partial charge in [-0.2, -0.15) is 5.10 Å². The molecule has 0 aliphatic rings. The van der Waals surface area contributed by atoms with Crippen LogP contribution in [0.5, 0.6) is 0 Å². The van der Waals surface area contributed by atoms with E-state index in [-0.39, 0.29) is 5.91 Å². The summed E-state index contributed by atoms with van der Waals surface area (Å²) in [5.74, 6) is -0.0936. The van der Waals surface area contributed by atoms with Gasteiger partial charge in [-0.15, -0.1) is 0 Å². The summed E-state index contributed by atoms with van der Waals surface area (Å²) in [6, 6.07) is 7.54. The number of fused-ring (bicyclic) bond motifs is 1. The topological polar surface area (TPSA) is 70.9 Å². The molecule has 0 aliphatic carbocycles. The summed E-state index contributed by atoms with van der Waals surface area (Å²) < 4.78 is 5.38. The second-order valence-electron chi connectivity index (χ2n) is 5.03. The van der Waals surface area contributed by atoms with E-state index in [1.165, 1.54) is 11.8 Å². The summed E-state index contributed by atoms with van der Waals surface area (Å²) in [4.78, 5) is 12.2. The van der Waals surface area contributed by atoms with Gasteiger partial charge >= 0.3 is 0 Å². The van der Waals surface area contributed by atoms with E-state index >= 15 is 0 Å². The molecular weight excluding hydrogens is 266 g/mol. The van der Waals surface area contributed by atoms with Crippen LogP contribution in [0.25, 0.3) is 11.0 Å². The van der Waals surface area contributed by atoms with Crippen LogP contribution < -0.4 is 5.32 Å². The summed E-state index contributed by atoms with van der Waals surface area (Å²) in [5.41, 5.74) is 3.60. The zero-order valence-electron chi connectivity index (χ0n) is 11.8. The molecule has 21 heavy (non-hydrogen) atoms. The van der Waals surface area contributed by atoms with Crippen LogP contribution in [0.3, 0.4) is 0 Å². The van der Waals surface area contributed by atoms with Gasteiger partial charge in [0.25, 0.3) is 5.91 Å². The van der Waals surface area contributed by atoms with Gasteiger partial charge in [-0.25, -0.2) is 0 Å². The van der Waals surface area contributed by atoms with Crippen molar-refractivity contribution in [3.05, 3.63) is 53.5 Å². The molecule has 2 heterocycles.